The lowest BCUT2D eigenvalue weighted by atomic mass is 10.2. The minimum Gasteiger partial charge on any atom is -0.444 e. The first-order chi connectivity index (χ1) is 12.9. The van der Waals surface area contributed by atoms with Crippen LogP contribution in [0.2, 0.25) is 0 Å². The Morgan fingerprint density at radius 2 is 1.56 bits per heavy atom. The largest absolute Gasteiger partial charge is 0.444 e. The third kappa shape index (κ3) is 8.56. The summed E-state index contributed by atoms with van der Waals surface area (Å²) in [5, 5.41) is 3.37. The molecule has 1 N–H and O–H groups in total. The Hall–Kier alpha value is -2.59. The normalized spacial score (nSPS) is 11.5. The van der Waals surface area contributed by atoms with Gasteiger partial charge in [-0.05, 0) is 31.9 Å². The average Bonchev–Trinajstić information content (AvgIpc) is 2.64. The summed E-state index contributed by atoms with van der Waals surface area (Å²) in [6, 6.07) is 20.2. The summed E-state index contributed by atoms with van der Waals surface area (Å²) < 4.78 is 5.55. The number of carbonyl (C=O) groups excluding carboxylic acids is 1. The number of rotatable bonds is 8. The Bertz CT molecular complexity index is 706. The SMILES string of the molecule is CC(C)(C)OC(=O)N(CC=CCNCc1ccccc1)Cc1ccccc1. The number of nitrogens with zero attached hydrogens (tertiary/aromatic N) is 1. The summed E-state index contributed by atoms with van der Waals surface area (Å²) in [5.74, 6) is 0. The molecule has 0 fully saturated rings. The van der Waals surface area contributed by atoms with E-state index < -0.39 is 5.60 Å². The molecular weight excluding hydrogens is 336 g/mol. The van der Waals surface area contributed by atoms with Crippen molar-refractivity contribution in [3.8, 4) is 0 Å². The zero-order chi connectivity index (χ0) is 19.5. The van der Waals surface area contributed by atoms with Crippen LogP contribution in [0.3, 0.4) is 0 Å². The van der Waals surface area contributed by atoms with E-state index in [1.165, 1.54) is 5.56 Å². The van der Waals surface area contributed by atoms with Gasteiger partial charge in [-0.1, -0.05) is 72.8 Å². The summed E-state index contributed by atoms with van der Waals surface area (Å²) in [4.78, 5) is 14.2. The number of carbonyl (C=O) groups is 1. The fourth-order valence-corrected chi connectivity index (χ4v) is 2.51. The van der Waals surface area contributed by atoms with Crippen molar-refractivity contribution in [3.63, 3.8) is 0 Å². The molecular formula is C23H30N2O2. The summed E-state index contributed by atoms with van der Waals surface area (Å²) in [5.41, 5.74) is 1.83. The van der Waals surface area contributed by atoms with Crippen molar-refractivity contribution in [2.24, 2.45) is 0 Å². The van der Waals surface area contributed by atoms with Gasteiger partial charge in [0.1, 0.15) is 5.60 Å². The van der Waals surface area contributed by atoms with E-state index in [4.69, 9.17) is 4.74 Å². The fourth-order valence-electron chi connectivity index (χ4n) is 2.51. The van der Waals surface area contributed by atoms with Crippen molar-refractivity contribution in [3.05, 3.63) is 83.9 Å². The first-order valence-corrected chi connectivity index (χ1v) is 9.35. The number of hydrogen-bond donors (Lipinski definition) is 1. The smallest absolute Gasteiger partial charge is 0.410 e. The van der Waals surface area contributed by atoms with Gasteiger partial charge in [0.25, 0.3) is 0 Å². The summed E-state index contributed by atoms with van der Waals surface area (Å²) >= 11 is 0. The molecule has 2 rings (SSSR count). The highest BCUT2D eigenvalue weighted by molar-refractivity contribution is 5.68. The van der Waals surface area contributed by atoms with Crippen LogP contribution in [-0.2, 0) is 17.8 Å². The first kappa shape index (κ1) is 20.7. The number of ether oxygens (including phenoxy) is 1. The van der Waals surface area contributed by atoms with Gasteiger partial charge < -0.3 is 15.0 Å². The summed E-state index contributed by atoms with van der Waals surface area (Å²) in [7, 11) is 0. The monoisotopic (exact) mass is 366 g/mol. The second-order valence-electron chi connectivity index (χ2n) is 7.43. The van der Waals surface area contributed by atoms with Crippen LogP contribution in [0.15, 0.2) is 72.8 Å². The molecule has 0 spiro atoms. The Morgan fingerprint density at radius 1 is 0.963 bits per heavy atom. The average molecular weight is 367 g/mol. The molecule has 144 valence electrons. The van der Waals surface area contributed by atoms with Crippen LogP contribution in [0.5, 0.6) is 0 Å². The standard InChI is InChI=1S/C23H30N2O2/c1-23(2,3)27-22(26)25(19-21-14-8-5-9-15-21)17-11-10-16-24-18-20-12-6-4-7-13-20/h4-15,24H,16-19H2,1-3H3. The third-order valence-electron chi connectivity index (χ3n) is 3.79. The first-order valence-electron chi connectivity index (χ1n) is 9.35. The lowest BCUT2D eigenvalue weighted by molar-refractivity contribution is 0.0256. The molecule has 4 heteroatoms. The molecule has 0 aromatic heterocycles. The fraction of sp³-hybridized carbons (Fsp3) is 0.348. The van der Waals surface area contributed by atoms with Gasteiger partial charge in [-0.2, -0.15) is 0 Å². The van der Waals surface area contributed by atoms with Crippen molar-refractivity contribution in [1.82, 2.24) is 10.2 Å². The molecule has 0 aliphatic heterocycles. The van der Waals surface area contributed by atoms with Gasteiger partial charge in [-0.15, -0.1) is 0 Å². The molecule has 0 unspecified atom stereocenters. The second kappa shape index (κ2) is 10.5. The number of benzene rings is 2. The minimum atomic E-state index is -0.507. The Morgan fingerprint density at radius 3 is 2.15 bits per heavy atom. The molecule has 4 nitrogen and oxygen atoms in total. The van der Waals surface area contributed by atoms with Crippen LogP contribution in [0.1, 0.15) is 31.9 Å². The van der Waals surface area contributed by atoms with Gasteiger partial charge in [0, 0.05) is 26.2 Å². The maximum Gasteiger partial charge on any atom is 0.410 e. The van der Waals surface area contributed by atoms with E-state index in [9.17, 15) is 4.79 Å². The van der Waals surface area contributed by atoms with E-state index in [0.29, 0.717) is 13.1 Å². The maximum absolute atomic E-state index is 12.5. The molecule has 0 aliphatic carbocycles. The molecule has 0 aliphatic rings. The van der Waals surface area contributed by atoms with Crippen LogP contribution in [0.4, 0.5) is 4.79 Å². The zero-order valence-corrected chi connectivity index (χ0v) is 16.5. The van der Waals surface area contributed by atoms with E-state index in [0.717, 1.165) is 18.7 Å². The van der Waals surface area contributed by atoms with Crippen LogP contribution in [-0.4, -0.2) is 29.7 Å². The number of nitrogens with one attached hydrogen (secondary N) is 1. The predicted octanol–water partition coefficient (Wildman–Crippen LogP) is 4.77. The zero-order valence-electron chi connectivity index (χ0n) is 16.5. The molecule has 1 amide bonds. The topological polar surface area (TPSA) is 41.6 Å². The van der Waals surface area contributed by atoms with Crippen molar-refractivity contribution < 1.29 is 9.53 Å². The van der Waals surface area contributed by atoms with E-state index in [2.05, 4.69) is 17.4 Å². The predicted molar refractivity (Wildman–Crippen MR) is 110 cm³/mol. The van der Waals surface area contributed by atoms with Crippen molar-refractivity contribution in [2.45, 2.75) is 39.5 Å². The van der Waals surface area contributed by atoms with Crippen molar-refractivity contribution in [2.75, 3.05) is 13.1 Å². The molecule has 0 saturated carbocycles. The summed E-state index contributed by atoms with van der Waals surface area (Å²) in [6.45, 7) is 8.26. The van der Waals surface area contributed by atoms with Gasteiger partial charge in [-0.25, -0.2) is 4.79 Å². The highest BCUT2D eigenvalue weighted by Gasteiger charge is 2.21. The van der Waals surface area contributed by atoms with Crippen LogP contribution < -0.4 is 5.32 Å². The molecule has 2 aromatic carbocycles. The maximum atomic E-state index is 12.5. The summed E-state index contributed by atoms with van der Waals surface area (Å²) in [6.07, 6.45) is 3.75. The molecule has 2 aromatic rings. The van der Waals surface area contributed by atoms with Gasteiger partial charge in [-0.3, -0.25) is 0 Å². The van der Waals surface area contributed by atoms with Gasteiger partial charge in [0.2, 0.25) is 0 Å². The molecule has 0 atom stereocenters. The van der Waals surface area contributed by atoms with Gasteiger partial charge in [0.05, 0.1) is 0 Å². The van der Waals surface area contributed by atoms with Crippen molar-refractivity contribution >= 4 is 6.09 Å². The second-order valence-corrected chi connectivity index (χ2v) is 7.43. The van der Waals surface area contributed by atoms with Crippen LogP contribution >= 0.6 is 0 Å². The number of amides is 1. The highest BCUT2D eigenvalue weighted by Crippen LogP contribution is 2.12. The lowest BCUT2D eigenvalue weighted by Crippen LogP contribution is -2.36. The minimum absolute atomic E-state index is 0.298. The van der Waals surface area contributed by atoms with E-state index in [1.807, 2.05) is 81.5 Å². The molecule has 0 saturated heterocycles. The van der Waals surface area contributed by atoms with Gasteiger partial charge in [0.15, 0.2) is 0 Å². The Balaban J connectivity index is 1.85. The van der Waals surface area contributed by atoms with E-state index in [-0.39, 0.29) is 6.09 Å². The van der Waals surface area contributed by atoms with Gasteiger partial charge >= 0.3 is 6.09 Å². The molecule has 0 bridgehead atoms. The quantitative estimate of drug-likeness (QED) is 0.540. The van der Waals surface area contributed by atoms with Crippen molar-refractivity contribution in [1.29, 1.82) is 0 Å². The molecule has 0 heterocycles. The molecule has 0 radical (unpaired) electrons. The van der Waals surface area contributed by atoms with Crippen LogP contribution in [0.25, 0.3) is 0 Å². The Labute approximate surface area is 162 Å². The highest BCUT2D eigenvalue weighted by atomic mass is 16.6. The molecule has 27 heavy (non-hydrogen) atoms. The van der Waals surface area contributed by atoms with Crippen LogP contribution in [0, 0.1) is 0 Å². The lowest BCUT2D eigenvalue weighted by Gasteiger charge is -2.26. The number of hydrogen-bond acceptors (Lipinski definition) is 3. The van der Waals surface area contributed by atoms with E-state index >= 15 is 0 Å². The third-order valence-corrected chi connectivity index (χ3v) is 3.79. The van der Waals surface area contributed by atoms with E-state index in [1.54, 1.807) is 4.90 Å². The Kier molecular flexibility index (Phi) is 8.08.